The number of aliphatic hydroxyl groups is 1. The van der Waals surface area contributed by atoms with Crippen molar-refractivity contribution in [3.63, 3.8) is 0 Å². The summed E-state index contributed by atoms with van der Waals surface area (Å²) >= 11 is 0. The number of rotatable bonds is 4. The summed E-state index contributed by atoms with van der Waals surface area (Å²) in [4.78, 5) is 6.47. The molecule has 2 unspecified atom stereocenters. The van der Waals surface area contributed by atoms with E-state index >= 15 is 0 Å². The zero-order valence-electron chi connectivity index (χ0n) is 11.4. The molecule has 0 radical (unpaired) electrons. The number of benzene rings is 1. The minimum atomic E-state index is -0.232. The molecular formula is C15H20FN3O. The van der Waals surface area contributed by atoms with E-state index in [9.17, 15) is 9.50 Å². The van der Waals surface area contributed by atoms with Crippen molar-refractivity contribution in [2.24, 2.45) is 16.1 Å². The highest BCUT2D eigenvalue weighted by Gasteiger charge is 2.54. The van der Waals surface area contributed by atoms with Crippen molar-refractivity contribution in [3.8, 4) is 0 Å². The Balaban J connectivity index is 1.66. The van der Waals surface area contributed by atoms with Gasteiger partial charge in [-0.15, -0.1) is 0 Å². The van der Waals surface area contributed by atoms with Crippen LogP contribution in [0.2, 0.25) is 0 Å². The van der Waals surface area contributed by atoms with Gasteiger partial charge in [0.15, 0.2) is 5.96 Å². The number of aliphatic imine (C=N–C) groups is 1. The van der Waals surface area contributed by atoms with Crippen LogP contribution in [0, 0.1) is 11.2 Å². The lowest BCUT2D eigenvalue weighted by atomic mass is 10.00. The van der Waals surface area contributed by atoms with Gasteiger partial charge >= 0.3 is 0 Å². The molecule has 3 N–H and O–H groups in total. The second-order valence-electron chi connectivity index (χ2n) is 5.84. The minimum absolute atomic E-state index is 0.0891. The summed E-state index contributed by atoms with van der Waals surface area (Å²) in [6, 6.07) is 6.51. The summed E-state index contributed by atoms with van der Waals surface area (Å²) in [6.45, 7) is 2.57. The predicted octanol–water partition coefficient (Wildman–Crippen LogP) is 1.31. The number of guanidine groups is 1. The van der Waals surface area contributed by atoms with Gasteiger partial charge in [-0.3, -0.25) is 4.99 Å². The molecule has 1 aromatic carbocycles. The van der Waals surface area contributed by atoms with Crippen LogP contribution in [-0.4, -0.2) is 42.2 Å². The lowest BCUT2D eigenvalue weighted by Gasteiger charge is -2.32. The number of likely N-dealkylation sites (tertiary alicyclic amines) is 1. The lowest BCUT2D eigenvalue weighted by Crippen LogP contribution is -2.46. The zero-order chi connectivity index (χ0) is 14.2. The van der Waals surface area contributed by atoms with Crippen molar-refractivity contribution >= 4 is 5.96 Å². The van der Waals surface area contributed by atoms with Crippen molar-refractivity contribution in [2.45, 2.75) is 18.8 Å². The Labute approximate surface area is 118 Å². The molecule has 108 valence electrons. The minimum Gasteiger partial charge on any atom is -0.396 e. The van der Waals surface area contributed by atoms with Crippen molar-refractivity contribution < 1.29 is 9.50 Å². The van der Waals surface area contributed by atoms with E-state index < -0.39 is 0 Å². The van der Waals surface area contributed by atoms with Crippen LogP contribution in [-0.2, 0) is 0 Å². The smallest absolute Gasteiger partial charge is 0.191 e. The Hall–Kier alpha value is -1.62. The molecule has 1 aromatic rings. The molecule has 1 aliphatic heterocycles. The second kappa shape index (κ2) is 5.05. The standard InChI is InChI=1S/C15H20FN3O/c16-12-4-2-11(3-5-12)13-8-15(13,10-20)9-18-14(17)19-6-1-7-19/h2-5,13,20H,1,6-10H2,(H2,17,18). The lowest BCUT2D eigenvalue weighted by molar-refractivity contribution is 0.211. The van der Waals surface area contributed by atoms with Gasteiger partial charge < -0.3 is 15.7 Å². The summed E-state index contributed by atoms with van der Waals surface area (Å²) in [5.41, 5.74) is 6.77. The maximum Gasteiger partial charge on any atom is 0.191 e. The van der Waals surface area contributed by atoms with Crippen LogP contribution in [0.3, 0.4) is 0 Å². The molecule has 0 bridgehead atoms. The number of halogens is 1. The molecule has 0 amide bonds. The van der Waals surface area contributed by atoms with Crippen LogP contribution in [0.1, 0.15) is 24.3 Å². The normalized spacial score (nSPS) is 29.2. The first kappa shape index (κ1) is 13.4. The third-order valence-corrected chi connectivity index (χ3v) is 4.51. The van der Waals surface area contributed by atoms with Crippen molar-refractivity contribution in [3.05, 3.63) is 35.6 Å². The third kappa shape index (κ3) is 2.38. The molecule has 0 aromatic heterocycles. The number of hydrogen-bond acceptors (Lipinski definition) is 2. The molecule has 1 saturated carbocycles. The average molecular weight is 277 g/mol. The van der Waals surface area contributed by atoms with Gasteiger partial charge in [0.1, 0.15) is 5.82 Å². The predicted molar refractivity (Wildman–Crippen MR) is 76.0 cm³/mol. The van der Waals surface area contributed by atoms with Gasteiger partial charge in [0.05, 0.1) is 13.2 Å². The number of nitrogens with two attached hydrogens (primary N) is 1. The summed E-state index contributed by atoms with van der Waals surface area (Å²) in [7, 11) is 0. The van der Waals surface area contributed by atoms with Crippen LogP contribution < -0.4 is 5.73 Å². The molecule has 2 aliphatic rings. The quantitative estimate of drug-likeness (QED) is 0.644. The molecule has 3 rings (SSSR count). The topological polar surface area (TPSA) is 61.9 Å². The van der Waals surface area contributed by atoms with Crippen molar-refractivity contribution in [1.29, 1.82) is 0 Å². The van der Waals surface area contributed by atoms with E-state index in [0.29, 0.717) is 12.5 Å². The van der Waals surface area contributed by atoms with Crippen LogP contribution in [0.5, 0.6) is 0 Å². The fourth-order valence-corrected chi connectivity index (χ4v) is 2.80. The van der Waals surface area contributed by atoms with Crippen molar-refractivity contribution in [1.82, 2.24) is 4.90 Å². The van der Waals surface area contributed by atoms with Crippen LogP contribution in [0.25, 0.3) is 0 Å². The molecule has 2 atom stereocenters. The van der Waals surface area contributed by atoms with Gasteiger partial charge in [-0.1, -0.05) is 12.1 Å². The highest BCUT2D eigenvalue weighted by atomic mass is 19.1. The van der Waals surface area contributed by atoms with Gasteiger partial charge in [0.2, 0.25) is 0 Å². The first-order valence-electron chi connectivity index (χ1n) is 7.06. The molecule has 0 spiro atoms. The second-order valence-corrected chi connectivity index (χ2v) is 5.84. The van der Waals surface area contributed by atoms with Gasteiger partial charge in [0, 0.05) is 18.5 Å². The van der Waals surface area contributed by atoms with E-state index in [1.165, 1.54) is 18.6 Å². The molecule has 2 fully saturated rings. The van der Waals surface area contributed by atoms with Gasteiger partial charge in [-0.05, 0) is 36.5 Å². The van der Waals surface area contributed by atoms with E-state index in [2.05, 4.69) is 4.99 Å². The molecule has 1 heterocycles. The van der Waals surface area contributed by atoms with Gasteiger partial charge in [0.25, 0.3) is 0 Å². The largest absolute Gasteiger partial charge is 0.396 e. The highest BCUT2D eigenvalue weighted by Crippen LogP contribution is 2.59. The first-order valence-corrected chi connectivity index (χ1v) is 7.06. The summed E-state index contributed by atoms with van der Waals surface area (Å²) < 4.78 is 12.9. The molecule has 4 nitrogen and oxygen atoms in total. The molecule has 20 heavy (non-hydrogen) atoms. The Morgan fingerprint density at radius 1 is 1.40 bits per heavy atom. The van der Waals surface area contributed by atoms with E-state index in [0.717, 1.165) is 25.1 Å². The average Bonchev–Trinajstić information content (AvgIpc) is 3.11. The number of hydrogen-bond donors (Lipinski definition) is 2. The van der Waals surface area contributed by atoms with E-state index in [1.807, 2.05) is 4.90 Å². The fraction of sp³-hybridized carbons (Fsp3) is 0.533. The maximum atomic E-state index is 12.9. The highest BCUT2D eigenvalue weighted by molar-refractivity contribution is 5.78. The Kier molecular flexibility index (Phi) is 3.38. The third-order valence-electron chi connectivity index (χ3n) is 4.51. The summed E-state index contributed by atoms with van der Waals surface area (Å²) in [5, 5.41) is 9.67. The fourth-order valence-electron chi connectivity index (χ4n) is 2.80. The number of aliphatic hydroxyl groups excluding tert-OH is 1. The Bertz CT molecular complexity index is 512. The van der Waals surface area contributed by atoms with Crippen molar-refractivity contribution in [2.75, 3.05) is 26.2 Å². The monoisotopic (exact) mass is 277 g/mol. The van der Waals surface area contributed by atoms with Crippen LogP contribution in [0.4, 0.5) is 4.39 Å². The molecular weight excluding hydrogens is 257 g/mol. The summed E-state index contributed by atoms with van der Waals surface area (Å²) in [5.74, 6) is 0.596. The van der Waals surface area contributed by atoms with Crippen LogP contribution >= 0.6 is 0 Å². The molecule has 5 heteroatoms. The number of nitrogens with zero attached hydrogens (tertiary/aromatic N) is 2. The van der Waals surface area contributed by atoms with Gasteiger partial charge in [-0.2, -0.15) is 0 Å². The van der Waals surface area contributed by atoms with E-state index in [1.54, 1.807) is 12.1 Å². The Morgan fingerprint density at radius 3 is 2.65 bits per heavy atom. The maximum absolute atomic E-state index is 12.9. The van der Waals surface area contributed by atoms with E-state index in [4.69, 9.17) is 5.73 Å². The van der Waals surface area contributed by atoms with Crippen LogP contribution in [0.15, 0.2) is 29.3 Å². The van der Waals surface area contributed by atoms with Gasteiger partial charge in [-0.25, -0.2) is 4.39 Å². The SMILES string of the molecule is NC(=NCC1(CO)CC1c1ccc(F)cc1)N1CCC1. The first-order chi connectivity index (χ1) is 9.64. The molecule has 1 aliphatic carbocycles. The Morgan fingerprint density at radius 2 is 2.10 bits per heavy atom. The summed E-state index contributed by atoms with van der Waals surface area (Å²) in [6.07, 6.45) is 2.05. The van der Waals surface area contributed by atoms with E-state index in [-0.39, 0.29) is 23.8 Å². The molecule has 1 saturated heterocycles. The zero-order valence-corrected chi connectivity index (χ0v) is 11.4.